The van der Waals surface area contributed by atoms with Crippen molar-refractivity contribution in [2.45, 2.75) is 31.2 Å². The molecule has 0 atom stereocenters. The van der Waals surface area contributed by atoms with Gasteiger partial charge in [0.15, 0.2) is 0 Å². The quantitative estimate of drug-likeness (QED) is 0.767. The average molecular weight is 205 g/mol. The van der Waals surface area contributed by atoms with Crippen molar-refractivity contribution < 1.29 is 5.11 Å². The molecule has 2 nitrogen and oxygen atoms in total. The third kappa shape index (κ3) is 2.58. The molecule has 0 aromatic heterocycles. The topological polar surface area (TPSA) is 32.3 Å². The summed E-state index contributed by atoms with van der Waals surface area (Å²) < 4.78 is 0. The second kappa shape index (κ2) is 4.77. The highest BCUT2D eigenvalue weighted by atomic mass is 16.3. The zero-order valence-electron chi connectivity index (χ0n) is 9.08. The zero-order chi connectivity index (χ0) is 10.6. The summed E-state index contributed by atoms with van der Waals surface area (Å²) >= 11 is 0. The van der Waals surface area contributed by atoms with Gasteiger partial charge in [-0.05, 0) is 37.8 Å². The maximum absolute atomic E-state index is 9.27. The minimum absolute atomic E-state index is 0.0504. The van der Waals surface area contributed by atoms with E-state index in [2.05, 4.69) is 29.6 Å². The highest BCUT2D eigenvalue weighted by molar-refractivity contribution is 5.15. The van der Waals surface area contributed by atoms with Crippen molar-refractivity contribution in [3.05, 3.63) is 35.9 Å². The molecule has 1 aliphatic carbocycles. The van der Waals surface area contributed by atoms with Crippen LogP contribution in [0.25, 0.3) is 0 Å². The van der Waals surface area contributed by atoms with Gasteiger partial charge in [0.05, 0.1) is 6.61 Å². The molecule has 0 radical (unpaired) electrons. The molecule has 1 aromatic carbocycles. The van der Waals surface area contributed by atoms with E-state index in [4.69, 9.17) is 0 Å². The molecule has 2 N–H and O–H groups in total. The summed E-state index contributed by atoms with van der Waals surface area (Å²) in [7, 11) is 0. The summed E-state index contributed by atoms with van der Waals surface area (Å²) in [6, 6.07) is 10.5. The summed E-state index contributed by atoms with van der Waals surface area (Å²) in [6.07, 6.45) is 4.54. The summed E-state index contributed by atoms with van der Waals surface area (Å²) in [5.74, 6) is 0. The first-order valence-corrected chi connectivity index (χ1v) is 5.74. The van der Waals surface area contributed by atoms with Gasteiger partial charge in [0.2, 0.25) is 0 Å². The summed E-state index contributed by atoms with van der Waals surface area (Å²) in [4.78, 5) is 0. The van der Waals surface area contributed by atoms with Gasteiger partial charge in [0, 0.05) is 5.54 Å². The molecule has 0 amide bonds. The molecule has 0 spiro atoms. The number of rotatable bonds is 5. The molecule has 15 heavy (non-hydrogen) atoms. The molecule has 82 valence electrons. The van der Waals surface area contributed by atoms with Crippen LogP contribution >= 0.6 is 0 Å². The van der Waals surface area contributed by atoms with Crippen LogP contribution < -0.4 is 5.32 Å². The molecule has 0 bridgehead atoms. The van der Waals surface area contributed by atoms with Crippen molar-refractivity contribution in [3.8, 4) is 0 Å². The maximum Gasteiger partial charge on any atom is 0.0613 e. The molecule has 1 fully saturated rings. The fourth-order valence-corrected chi connectivity index (χ4v) is 2.11. The van der Waals surface area contributed by atoms with Crippen molar-refractivity contribution in [2.75, 3.05) is 13.2 Å². The second-order valence-electron chi connectivity index (χ2n) is 4.45. The first-order chi connectivity index (χ1) is 7.35. The smallest absolute Gasteiger partial charge is 0.0613 e. The molecule has 0 saturated heterocycles. The first kappa shape index (κ1) is 10.7. The van der Waals surface area contributed by atoms with Crippen LogP contribution in [0.1, 0.15) is 24.8 Å². The van der Waals surface area contributed by atoms with Crippen LogP contribution in [-0.2, 0) is 6.42 Å². The largest absolute Gasteiger partial charge is 0.394 e. The highest BCUT2D eigenvalue weighted by Crippen LogP contribution is 2.30. The van der Waals surface area contributed by atoms with E-state index in [9.17, 15) is 5.11 Å². The van der Waals surface area contributed by atoms with Gasteiger partial charge in [-0.3, -0.25) is 0 Å². The van der Waals surface area contributed by atoms with Crippen LogP contribution in [0, 0.1) is 0 Å². The van der Waals surface area contributed by atoms with Crippen LogP contribution in [-0.4, -0.2) is 23.8 Å². The van der Waals surface area contributed by atoms with Crippen molar-refractivity contribution >= 4 is 0 Å². The molecular weight excluding hydrogens is 186 g/mol. The minimum Gasteiger partial charge on any atom is -0.394 e. The lowest BCUT2D eigenvalue weighted by atomic mass is 9.77. The second-order valence-corrected chi connectivity index (χ2v) is 4.45. The summed E-state index contributed by atoms with van der Waals surface area (Å²) in [5.41, 5.74) is 1.41. The number of aliphatic hydroxyl groups excluding tert-OH is 1. The van der Waals surface area contributed by atoms with Crippen molar-refractivity contribution in [1.29, 1.82) is 0 Å². The lowest BCUT2D eigenvalue weighted by molar-refractivity contribution is 0.0895. The van der Waals surface area contributed by atoms with Crippen molar-refractivity contribution in [2.24, 2.45) is 0 Å². The van der Waals surface area contributed by atoms with E-state index < -0.39 is 0 Å². The van der Waals surface area contributed by atoms with Crippen LogP contribution in [0.4, 0.5) is 0 Å². The Morgan fingerprint density at radius 2 is 1.93 bits per heavy atom. The molecular formula is C13H19NO. The Kier molecular flexibility index (Phi) is 3.39. The van der Waals surface area contributed by atoms with E-state index in [-0.39, 0.29) is 12.1 Å². The third-order valence-corrected chi connectivity index (χ3v) is 3.37. The number of nitrogens with one attached hydrogen (secondary N) is 1. The molecule has 1 aliphatic rings. The normalized spacial score (nSPS) is 18.5. The lowest BCUT2D eigenvalue weighted by Crippen LogP contribution is -2.54. The predicted molar refractivity (Wildman–Crippen MR) is 61.8 cm³/mol. The maximum atomic E-state index is 9.27. The molecule has 0 heterocycles. The van der Waals surface area contributed by atoms with Gasteiger partial charge >= 0.3 is 0 Å². The Morgan fingerprint density at radius 3 is 2.47 bits per heavy atom. The summed E-state index contributed by atoms with van der Waals surface area (Å²) in [6.45, 7) is 1.24. The van der Waals surface area contributed by atoms with E-state index in [1.165, 1.54) is 12.0 Å². The monoisotopic (exact) mass is 205 g/mol. The molecule has 2 heteroatoms. The van der Waals surface area contributed by atoms with Crippen LogP contribution in [0.3, 0.4) is 0 Å². The molecule has 2 rings (SSSR count). The Hall–Kier alpha value is -0.860. The van der Waals surface area contributed by atoms with Crippen molar-refractivity contribution in [1.82, 2.24) is 5.32 Å². The number of aliphatic hydroxyl groups is 1. The zero-order valence-corrected chi connectivity index (χ0v) is 9.08. The SMILES string of the molecule is OCC1(NCCc2ccccc2)CCC1. The fourth-order valence-electron chi connectivity index (χ4n) is 2.11. The van der Waals surface area contributed by atoms with Crippen LogP contribution in [0.15, 0.2) is 30.3 Å². The Labute approximate surface area is 91.3 Å². The van der Waals surface area contributed by atoms with E-state index in [0.29, 0.717) is 0 Å². The van der Waals surface area contributed by atoms with Crippen molar-refractivity contribution in [3.63, 3.8) is 0 Å². The van der Waals surface area contributed by atoms with Gasteiger partial charge in [-0.1, -0.05) is 30.3 Å². The lowest BCUT2D eigenvalue weighted by Gasteiger charge is -2.41. The van der Waals surface area contributed by atoms with Crippen LogP contribution in [0.2, 0.25) is 0 Å². The highest BCUT2D eigenvalue weighted by Gasteiger charge is 2.35. The van der Waals surface area contributed by atoms with E-state index in [1.807, 2.05) is 6.07 Å². The van der Waals surface area contributed by atoms with E-state index in [1.54, 1.807) is 0 Å². The Balaban J connectivity index is 1.75. The number of hydrogen-bond donors (Lipinski definition) is 2. The molecule has 0 aliphatic heterocycles. The standard InChI is InChI=1S/C13H19NO/c15-11-13(8-4-9-13)14-10-7-12-5-2-1-3-6-12/h1-3,5-6,14-15H,4,7-11H2. The molecule has 0 unspecified atom stereocenters. The minimum atomic E-state index is 0.0504. The fraction of sp³-hybridized carbons (Fsp3) is 0.538. The van der Waals surface area contributed by atoms with Gasteiger partial charge in [0.25, 0.3) is 0 Å². The third-order valence-electron chi connectivity index (χ3n) is 3.37. The van der Waals surface area contributed by atoms with Gasteiger partial charge in [-0.25, -0.2) is 0 Å². The van der Waals surface area contributed by atoms with E-state index >= 15 is 0 Å². The molecule has 1 aromatic rings. The van der Waals surface area contributed by atoms with Gasteiger partial charge in [-0.2, -0.15) is 0 Å². The van der Waals surface area contributed by atoms with Gasteiger partial charge < -0.3 is 10.4 Å². The number of hydrogen-bond acceptors (Lipinski definition) is 2. The van der Waals surface area contributed by atoms with Gasteiger partial charge in [-0.15, -0.1) is 0 Å². The first-order valence-electron chi connectivity index (χ1n) is 5.74. The predicted octanol–water partition coefficient (Wildman–Crippen LogP) is 1.73. The van der Waals surface area contributed by atoms with Crippen LogP contribution in [0.5, 0.6) is 0 Å². The molecule has 1 saturated carbocycles. The number of benzene rings is 1. The summed E-state index contributed by atoms with van der Waals surface area (Å²) in [5, 5.41) is 12.8. The Bertz CT molecular complexity index is 287. The average Bonchev–Trinajstić information content (AvgIpc) is 2.24. The van der Waals surface area contributed by atoms with Gasteiger partial charge in [0.1, 0.15) is 0 Å². The Morgan fingerprint density at radius 1 is 1.20 bits per heavy atom. The van der Waals surface area contributed by atoms with E-state index in [0.717, 1.165) is 25.8 Å².